The summed E-state index contributed by atoms with van der Waals surface area (Å²) in [4.78, 5) is 26.2. The summed E-state index contributed by atoms with van der Waals surface area (Å²) in [6.45, 7) is 4.73. The summed E-state index contributed by atoms with van der Waals surface area (Å²) in [6, 6.07) is 7.47. The number of nitrogens with two attached hydrogens (primary N) is 1. The Balaban J connectivity index is 2.02. The van der Waals surface area contributed by atoms with Crippen molar-refractivity contribution in [3.05, 3.63) is 35.4 Å². The highest BCUT2D eigenvalue weighted by Gasteiger charge is 2.34. The highest BCUT2D eigenvalue weighted by atomic mass is 16.2. The van der Waals surface area contributed by atoms with Gasteiger partial charge >= 0.3 is 6.03 Å². The SMILES string of the molecule is CC(C)Cc1ccc(C(N)CN2C(=O)CN(C)C2=O)cc1. The van der Waals surface area contributed by atoms with Gasteiger partial charge in [-0.05, 0) is 23.5 Å². The first kappa shape index (κ1) is 15.5. The molecule has 0 radical (unpaired) electrons. The molecule has 1 aromatic rings. The fourth-order valence-corrected chi connectivity index (χ4v) is 2.52. The van der Waals surface area contributed by atoms with Crippen molar-refractivity contribution in [2.45, 2.75) is 26.3 Å². The van der Waals surface area contributed by atoms with Crippen molar-refractivity contribution in [1.29, 1.82) is 0 Å². The molecule has 0 aliphatic carbocycles. The second-order valence-corrected chi connectivity index (χ2v) is 6.09. The molecule has 21 heavy (non-hydrogen) atoms. The van der Waals surface area contributed by atoms with Crippen LogP contribution in [0.25, 0.3) is 0 Å². The molecule has 1 atom stereocenters. The van der Waals surface area contributed by atoms with Gasteiger partial charge in [0.05, 0.1) is 0 Å². The molecule has 114 valence electrons. The monoisotopic (exact) mass is 289 g/mol. The number of hydrogen-bond acceptors (Lipinski definition) is 3. The first-order valence-corrected chi connectivity index (χ1v) is 7.28. The van der Waals surface area contributed by atoms with Gasteiger partial charge in [-0.3, -0.25) is 9.69 Å². The van der Waals surface area contributed by atoms with Crippen LogP contribution in [0.1, 0.15) is 31.0 Å². The molecule has 0 aromatic heterocycles. The molecule has 1 unspecified atom stereocenters. The fraction of sp³-hybridized carbons (Fsp3) is 0.500. The van der Waals surface area contributed by atoms with Crippen molar-refractivity contribution in [2.75, 3.05) is 20.1 Å². The molecule has 2 rings (SSSR count). The third kappa shape index (κ3) is 3.61. The van der Waals surface area contributed by atoms with Gasteiger partial charge in [0.2, 0.25) is 5.91 Å². The molecule has 1 fully saturated rings. The largest absolute Gasteiger partial charge is 0.327 e. The zero-order valence-electron chi connectivity index (χ0n) is 12.9. The van der Waals surface area contributed by atoms with E-state index < -0.39 is 0 Å². The molecule has 1 aromatic carbocycles. The number of benzene rings is 1. The quantitative estimate of drug-likeness (QED) is 0.840. The van der Waals surface area contributed by atoms with E-state index in [0.717, 1.165) is 12.0 Å². The number of urea groups is 1. The fourth-order valence-electron chi connectivity index (χ4n) is 2.52. The van der Waals surface area contributed by atoms with Crippen LogP contribution in [0.4, 0.5) is 4.79 Å². The number of carbonyl (C=O) groups is 2. The molecule has 5 nitrogen and oxygen atoms in total. The van der Waals surface area contributed by atoms with Gasteiger partial charge < -0.3 is 10.6 Å². The summed E-state index contributed by atoms with van der Waals surface area (Å²) >= 11 is 0. The molecule has 3 amide bonds. The van der Waals surface area contributed by atoms with Crippen LogP contribution in [0.3, 0.4) is 0 Å². The van der Waals surface area contributed by atoms with Crippen LogP contribution in [0.15, 0.2) is 24.3 Å². The average Bonchev–Trinajstić information content (AvgIpc) is 2.65. The molecule has 1 saturated heterocycles. The zero-order valence-corrected chi connectivity index (χ0v) is 12.9. The van der Waals surface area contributed by atoms with Crippen molar-refractivity contribution in [2.24, 2.45) is 11.7 Å². The average molecular weight is 289 g/mol. The topological polar surface area (TPSA) is 66.6 Å². The number of amides is 3. The van der Waals surface area contributed by atoms with Gasteiger partial charge in [-0.2, -0.15) is 0 Å². The number of rotatable bonds is 5. The first-order chi connectivity index (χ1) is 9.88. The lowest BCUT2D eigenvalue weighted by atomic mass is 9.99. The van der Waals surface area contributed by atoms with Crippen LogP contribution in [0, 0.1) is 5.92 Å². The Morgan fingerprint density at radius 3 is 2.29 bits per heavy atom. The third-order valence-corrected chi connectivity index (χ3v) is 3.66. The first-order valence-electron chi connectivity index (χ1n) is 7.28. The Kier molecular flexibility index (Phi) is 4.63. The van der Waals surface area contributed by atoms with Crippen LogP contribution < -0.4 is 5.73 Å². The van der Waals surface area contributed by atoms with Gasteiger partial charge in [0, 0.05) is 19.6 Å². The molecule has 1 aliphatic rings. The van der Waals surface area contributed by atoms with E-state index >= 15 is 0 Å². The van der Waals surface area contributed by atoms with E-state index in [2.05, 4.69) is 26.0 Å². The predicted molar refractivity (Wildman–Crippen MR) is 81.7 cm³/mol. The highest BCUT2D eigenvalue weighted by molar-refractivity contribution is 6.01. The van der Waals surface area contributed by atoms with Crippen LogP contribution in [-0.2, 0) is 11.2 Å². The van der Waals surface area contributed by atoms with Gasteiger partial charge in [-0.15, -0.1) is 0 Å². The van der Waals surface area contributed by atoms with Crippen molar-refractivity contribution < 1.29 is 9.59 Å². The standard InChI is InChI=1S/C16H23N3O2/c1-11(2)8-12-4-6-13(7-5-12)14(17)9-19-15(20)10-18(3)16(19)21/h4-7,11,14H,8-10,17H2,1-3H3. The number of likely N-dealkylation sites (N-methyl/N-ethyl adjacent to an activating group) is 1. The van der Waals surface area contributed by atoms with Crippen molar-refractivity contribution in [3.63, 3.8) is 0 Å². The van der Waals surface area contributed by atoms with Crippen LogP contribution in [0.5, 0.6) is 0 Å². The van der Waals surface area contributed by atoms with E-state index in [1.807, 2.05) is 12.1 Å². The van der Waals surface area contributed by atoms with Gasteiger partial charge in [-0.25, -0.2) is 4.79 Å². The van der Waals surface area contributed by atoms with Gasteiger partial charge in [0.25, 0.3) is 0 Å². The van der Waals surface area contributed by atoms with Crippen molar-refractivity contribution in [3.8, 4) is 0 Å². The highest BCUT2D eigenvalue weighted by Crippen LogP contribution is 2.17. The molecular weight excluding hydrogens is 266 g/mol. The number of carbonyl (C=O) groups excluding carboxylic acids is 2. The predicted octanol–water partition coefficient (Wildman–Crippen LogP) is 1.78. The van der Waals surface area contributed by atoms with Crippen LogP contribution in [0.2, 0.25) is 0 Å². The number of hydrogen-bond donors (Lipinski definition) is 1. The molecule has 0 saturated carbocycles. The van der Waals surface area contributed by atoms with E-state index in [1.165, 1.54) is 15.4 Å². The van der Waals surface area contributed by atoms with E-state index in [9.17, 15) is 9.59 Å². The third-order valence-electron chi connectivity index (χ3n) is 3.66. The van der Waals surface area contributed by atoms with Crippen molar-refractivity contribution in [1.82, 2.24) is 9.80 Å². The lowest BCUT2D eigenvalue weighted by Crippen LogP contribution is -2.37. The molecule has 0 bridgehead atoms. The van der Waals surface area contributed by atoms with E-state index in [4.69, 9.17) is 5.73 Å². The number of nitrogens with zero attached hydrogens (tertiary/aromatic N) is 2. The molecule has 0 spiro atoms. The van der Waals surface area contributed by atoms with Crippen LogP contribution in [-0.4, -0.2) is 41.9 Å². The Labute approximate surface area is 125 Å². The molecule has 1 aliphatic heterocycles. The van der Waals surface area contributed by atoms with Gasteiger partial charge in [-0.1, -0.05) is 38.1 Å². The second-order valence-electron chi connectivity index (χ2n) is 6.09. The second kappa shape index (κ2) is 6.26. The molecular formula is C16H23N3O2. The summed E-state index contributed by atoms with van der Waals surface area (Å²) in [5.74, 6) is 0.425. The smallest absolute Gasteiger partial charge is 0.322 e. The minimum absolute atomic E-state index is 0.138. The minimum Gasteiger partial charge on any atom is -0.322 e. The van der Waals surface area contributed by atoms with E-state index in [0.29, 0.717) is 5.92 Å². The molecule has 1 heterocycles. The number of imide groups is 1. The van der Waals surface area contributed by atoms with Gasteiger partial charge in [0.15, 0.2) is 0 Å². The van der Waals surface area contributed by atoms with E-state index in [1.54, 1.807) is 7.05 Å². The Morgan fingerprint density at radius 1 is 1.19 bits per heavy atom. The van der Waals surface area contributed by atoms with Crippen LogP contribution >= 0.6 is 0 Å². The Hall–Kier alpha value is -1.88. The zero-order chi connectivity index (χ0) is 15.6. The maximum absolute atomic E-state index is 11.8. The summed E-state index contributed by atoms with van der Waals surface area (Å²) in [5, 5.41) is 0. The van der Waals surface area contributed by atoms with E-state index in [-0.39, 0.29) is 31.1 Å². The summed E-state index contributed by atoms with van der Waals surface area (Å²) in [6.07, 6.45) is 1.03. The Morgan fingerprint density at radius 2 is 1.81 bits per heavy atom. The molecule has 2 N–H and O–H groups in total. The molecule has 5 heteroatoms. The lowest BCUT2D eigenvalue weighted by molar-refractivity contribution is -0.125. The lowest BCUT2D eigenvalue weighted by Gasteiger charge is -2.19. The maximum atomic E-state index is 11.8. The summed E-state index contributed by atoms with van der Waals surface area (Å²) in [5.41, 5.74) is 8.35. The Bertz CT molecular complexity index is 525. The van der Waals surface area contributed by atoms with Crippen molar-refractivity contribution >= 4 is 11.9 Å². The minimum atomic E-state index is -0.350. The normalized spacial score (nSPS) is 17.0. The maximum Gasteiger partial charge on any atom is 0.327 e. The summed E-state index contributed by atoms with van der Waals surface area (Å²) in [7, 11) is 1.62. The van der Waals surface area contributed by atoms with Gasteiger partial charge in [0.1, 0.15) is 6.54 Å². The summed E-state index contributed by atoms with van der Waals surface area (Å²) < 4.78 is 0.